The molecular weight excluding hydrogens is 1330 g/mol. The lowest BCUT2D eigenvalue weighted by atomic mass is 10.2. The number of benzene rings is 2. The van der Waals surface area contributed by atoms with E-state index in [2.05, 4.69) is 50.1 Å². The molecule has 47 heteroatoms. The fraction of sp³-hybridized carbons (Fsp3) is 0.214. The third-order valence-electron chi connectivity index (χ3n) is 9.30. The summed E-state index contributed by atoms with van der Waals surface area (Å²) in [5.41, 5.74) is 2.95. The van der Waals surface area contributed by atoms with Crippen LogP contribution in [0, 0.1) is 10.1 Å². The van der Waals surface area contributed by atoms with E-state index in [4.69, 9.17) is 58.4 Å². The Morgan fingerprint density at radius 1 is 0.787 bits per heavy atom. The molecule has 0 aliphatic heterocycles. The summed E-state index contributed by atoms with van der Waals surface area (Å²) in [6.45, 7) is -7.26. The molecule has 0 bridgehead atoms. The van der Waals surface area contributed by atoms with Crippen molar-refractivity contribution in [2.75, 3.05) is 57.5 Å². The van der Waals surface area contributed by atoms with Crippen LogP contribution in [0.2, 0.25) is 10.0 Å². The Labute approximate surface area is 502 Å². The first-order valence-electron chi connectivity index (χ1n) is 22.6. The number of aromatic carboxylic acids is 1. The lowest BCUT2D eigenvalue weighted by molar-refractivity contribution is -0.383. The molecule has 0 unspecified atom stereocenters. The number of amides is 5. The van der Waals surface area contributed by atoms with Crippen molar-refractivity contribution in [3.63, 3.8) is 0 Å². The Bertz CT molecular complexity index is 3790. The van der Waals surface area contributed by atoms with Crippen LogP contribution in [0.15, 0.2) is 83.0 Å². The van der Waals surface area contributed by atoms with Gasteiger partial charge in [-0.2, -0.15) is 64.2 Å². The zero-order valence-corrected chi connectivity index (χ0v) is 48.6. The fourth-order valence-corrected chi connectivity index (χ4v) is 9.02. The minimum Gasteiger partial charge on any atom is -0.481 e. The number of urea groups is 2. The van der Waals surface area contributed by atoms with Crippen molar-refractivity contribution >= 4 is 104 Å². The average Bonchev–Trinajstić information content (AvgIpc) is 2.49. The van der Waals surface area contributed by atoms with Gasteiger partial charge in [-0.1, -0.05) is 35.3 Å². The highest BCUT2D eigenvalue weighted by Crippen LogP contribution is 2.39. The van der Waals surface area contributed by atoms with Crippen LogP contribution in [0.5, 0.6) is 23.5 Å². The van der Waals surface area contributed by atoms with Gasteiger partial charge in [-0.3, -0.25) is 40.2 Å². The predicted molar refractivity (Wildman–Crippen MR) is 287 cm³/mol. The number of nitrogen functional groups attached to an aromatic ring is 1. The number of carboxylic acids is 2. The maximum absolute atomic E-state index is 12.6. The Balaban J connectivity index is 0.000000327. The Kier molecular flexibility index (Phi) is 26.4. The maximum atomic E-state index is 12.6. The van der Waals surface area contributed by atoms with Crippen LogP contribution < -0.4 is 50.1 Å². The highest BCUT2D eigenvalue weighted by atomic mass is 35.5. The predicted octanol–water partition coefficient (Wildman–Crippen LogP) is 4.47. The second-order valence-electron chi connectivity index (χ2n) is 15.9. The van der Waals surface area contributed by atoms with E-state index >= 15 is 0 Å². The number of anilines is 3. The minimum atomic E-state index is -4.71. The highest BCUT2D eigenvalue weighted by Gasteiger charge is 2.34. The molecule has 0 aliphatic carbocycles. The molecule has 0 saturated carbocycles. The zero-order valence-electron chi connectivity index (χ0n) is 44.6. The molecule has 6 rings (SSSR count). The largest absolute Gasteiger partial charge is 0.481 e. The van der Waals surface area contributed by atoms with Gasteiger partial charge in [0, 0.05) is 20.3 Å². The van der Waals surface area contributed by atoms with Crippen LogP contribution in [-0.4, -0.2) is 166 Å². The average molecular weight is 1370 g/mol. The van der Waals surface area contributed by atoms with Gasteiger partial charge in [-0.25, -0.2) is 41.9 Å². The van der Waals surface area contributed by atoms with Gasteiger partial charge in [0.2, 0.25) is 41.2 Å². The van der Waals surface area contributed by atoms with Crippen LogP contribution in [-0.2, 0) is 35.6 Å². The van der Waals surface area contributed by atoms with Crippen LogP contribution in [0.25, 0.3) is 5.69 Å². The number of nitrogens with zero attached hydrogens (tertiary/aromatic N) is 9. The summed E-state index contributed by atoms with van der Waals surface area (Å²) in [5, 5.41) is 35.9. The number of nitro groups is 1. The monoisotopic (exact) mass is 1370 g/mol. The van der Waals surface area contributed by atoms with Gasteiger partial charge in [0.05, 0.1) is 70.8 Å². The first-order chi connectivity index (χ1) is 41.2. The molecular formula is C42H41Cl2F7N15O20PS2. The Morgan fingerprint density at radius 2 is 1.26 bits per heavy atom. The molecule has 0 spiro atoms. The molecule has 6 aromatic rings. The molecule has 0 atom stereocenters. The topological polar surface area (TPSA) is 503 Å². The Morgan fingerprint density at radius 3 is 1.69 bits per heavy atom. The number of carbonyl (C=O) groups is 5. The summed E-state index contributed by atoms with van der Waals surface area (Å²) in [4.78, 5) is 102. The molecule has 2 aromatic carbocycles. The molecule has 11 N–H and O–H groups in total. The van der Waals surface area contributed by atoms with E-state index in [9.17, 15) is 86.2 Å². The number of nitrogens with one attached hydrogen (secondary N) is 5. The SMILES string of the molecule is COc1cc(OC)nc(NC(=O)NS(=O)(=O)c2ncccc2C(=O)N(C)C)n1.Nc1c([N+](=O)[O-])cnn1-c1c(Cl)cc(C(F)(F)F)cc1Cl.O=C(Nc1nc(OC(F)F)cc(OC(F)F)n1)NS(=O)(=O)c1ccccc1C(=O)O.O=C(O)CNCP(=O)(O)O. The second-order valence-corrected chi connectivity index (χ2v) is 21.6. The number of aromatic nitrogens is 7. The fourth-order valence-electron chi connectivity index (χ4n) is 5.83. The number of ether oxygens (including phenoxy) is 4. The number of methoxy groups -OCH3 is 2. The summed E-state index contributed by atoms with van der Waals surface area (Å²) < 4.78 is 168. The van der Waals surface area contributed by atoms with Crippen molar-refractivity contribution in [2.24, 2.45) is 0 Å². The third kappa shape index (κ3) is 23.2. The molecule has 0 fully saturated rings. The van der Waals surface area contributed by atoms with Crippen molar-refractivity contribution in [1.82, 2.24) is 54.4 Å². The number of nitrogens with two attached hydrogens (primary N) is 1. The number of carboxylic acid groups (broad SMARTS) is 2. The first kappa shape index (κ1) is 73.7. The molecule has 0 aliphatic rings. The summed E-state index contributed by atoms with van der Waals surface area (Å²) in [5.74, 6) is -6.66. The standard InChI is InChI=1S/C15H18N6O6S.C14H10F4N4O7S.C10H5Cl2F3N4O2.C3H8NO5P/c1-21(2)13(22)9-6-5-7-16-12(9)28(24,25)20-15(23)19-14-17-10(26-3)8-11(18-14)27-4;15-11(16)28-8-5-9(29-12(17)18)20-13(19-8)21-14(25)22-30(26,27)7-4-2-1-3-6(7)10(23)24;11-5-1-4(10(13,14)15)2-6(12)8(5)18-9(16)7(3-17-18)19(20)21;5-3(6)1-4-2-10(7,8)9/h5-8H,1-4H3,(H2,17,18,19,20,23);1-5,11-12H,(H,23,24)(H2,19,20,21,22,25);1-3H,16H2;4H,1-2H2,(H,5,6)(H2,7,8,9). The maximum Gasteiger partial charge on any atom is 0.416 e. The number of hydrogen-bond acceptors (Lipinski definition) is 24. The third-order valence-corrected chi connectivity index (χ3v) is 13.2. The summed E-state index contributed by atoms with van der Waals surface area (Å²) in [6, 6.07) is 7.40. The number of sulfonamides is 2. The van der Waals surface area contributed by atoms with Gasteiger partial charge in [0.25, 0.3) is 26.0 Å². The summed E-state index contributed by atoms with van der Waals surface area (Å²) in [7, 11) is -7.66. The van der Waals surface area contributed by atoms with Gasteiger partial charge >= 0.3 is 56.7 Å². The molecule has 0 radical (unpaired) electrons. The lowest BCUT2D eigenvalue weighted by Gasteiger charge is -2.14. The first-order valence-corrected chi connectivity index (χ1v) is 28.2. The summed E-state index contributed by atoms with van der Waals surface area (Å²) in [6.07, 6.45) is -3.19. The van der Waals surface area contributed by atoms with Gasteiger partial charge in [0.15, 0.2) is 5.03 Å². The van der Waals surface area contributed by atoms with Crippen LogP contribution in [0.1, 0.15) is 26.3 Å². The molecule has 4 aromatic heterocycles. The van der Waals surface area contributed by atoms with E-state index in [1.165, 1.54) is 74.5 Å². The van der Waals surface area contributed by atoms with Crippen molar-refractivity contribution in [3.8, 4) is 29.2 Å². The van der Waals surface area contributed by atoms with E-state index in [-0.39, 0.29) is 39.0 Å². The van der Waals surface area contributed by atoms with Crippen LogP contribution >= 0.6 is 30.8 Å². The molecule has 5 amide bonds. The van der Waals surface area contributed by atoms with E-state index < -0.39 is 145 Å². The van der Waals surface area contributed by atoms with Crippen molar-refractivity contribution in [2.45, 2.75) is 29.3 Å². The van der Waals surface area contributed by atoms with E-state index in [1.807, 2.05) is 0 Å². The number of rotatable bonds is 20. The molecule has 484 valence electrons. The normalized spacial score (nSPS) is 11.2. The number of hydrogen-bond donors (Lipinski definition) is 10. The number of pyridine rings is 1. The number of aliphatic carboxylic acids is 1. The van der Waals surface area contributed by atoms with E-state index in [0.29, 0.717) is 18.2 Å². The smallest absolute Gasteiger partial charge is 0.416 e. The quantitative estimate of drug-likeness (QED) is 0.0218. The molecule has 4 heterocycles. The van der Waals surface area contributed by atoms with Gasteiger partial charge in [0.1, 0.15) is 16.8 Å². The summed E-state index contributed by atoms with van der Waals surface area (Å²) >= 11 is 11.5. The van der Waals surface area contributed by atoms with Crippen molar-refractivity contribution < 1.29 is 120 Å². The second kappa shape index (κ2) is 31.9. The number of halogens is 9. The number of alkyl halides is 7. The molecule has 89 heavy (non-hydrogen) atoms. The van der Waals surface area contributed by atoms with Gasteiger partial charge in [-0.15, -0.1) is 0 Å². The van der Waals surface area contributed by atoms with Gasteiger partial charge in [-0.05, 0) is 36.4 Å². The van der Waals surface area contributed by atoms with Gasteiger partial charge < -0.3 is 49.6 Å². The van der Waals surface area contributed by atoms with E-state index in [0.717, 1.165) is 23.0 Å². The van der Waals surface area contributed by atoms with Crippen LogP contribution in [0.3, 0.4) is 0 Å². The zero-order chi connectivity index (χ0) is 67.5. The number of carbonyl (C=O) groups excluding carboxylic acids is 3. The lowest BCUT2D eigenvalue weighted by Crippen LogP contribution is -2.36. The van der Waals surface area contributed by atoms with E-state index in [1.54, 1.807) is 10.0 Å². The van der Waals surface area contributed by atoms with Crippen LogP contribution in [0.4, 0.5) is 63.7 Å². The highest BCUT2D eigenvalue weighted by molar-refractivity contribution is 7.90. The van der Waals surface area contributed by atoms with Crippen molar-refractivity contribution in [3.05, 3.63) is 110 Å². The molecule has 35 nitrogen and oxygen atoms in total. The minimum absolute atomic E-state index is 0.0913. The van der Waals surface area contributed by atoms with Crippen molar-refractivity contribution in [1.29, 1.82) is 0 Å². The molecule has 0 saturated heterocycles. The Hall–Kier alpha value is -9.59.